The molecular weight excluding hydrogens is 394 g/mol. The van der Waals surface area contributed by atoms with Crippen LogP contribution in [0, 0.1) is 0 Å². The Hall–Kier alpha value is -3.68. The molecule has 0 fully saturated rings. The molecule has 0 aliphatic carbocycles. The number of benzene rings is 2. The van der Waals surface area contributed by atoms with Crippen LogP contribution in [0.3, 0.4) is 0 Å². The highest BCUT2D eigenvalue weighted by molar-refractivity contribution is 5.97. The van der Waals surface area contributed by atoms with Crippen LogP contribution in [0.4, 0.5) is 5.69 Å². The van der Waals surface area contributed by atoms with E-state index < -0.39 is 11.9 Å². The number of aryl methyl sites for hydroxylation is 1. The maximum Gasteiger partial charge on any atom is 0.346 e. The van der Waals surface area contributed by atoms with Gasteiger partial charge in [0.05, 0.1) is 0 Å². The lowest BCUT2D eigenvalue weighted by Gasteiger charge is -2.19. The Kier molecular flexibility index (Phi) is 6.26. The van der Waals surface area contributed by atoms with Crippen molar-refractivity contribution >= 4 is 17.5 Å². The van der Waals surface area contributed by atoms with Crippen LogP contribution in [0.5, 0.6) is 0 Å². The minimum Gasteiger partial charge on any atom is -0.339 e. The molecule has 4 rings (SSSR count). The topological polar surface area (TPSA) is 98.0 Å². The zero-order chi connectivity index (χ0) is 21.6. The van der Waals surface area contributed by atoms with Crippen molar-refractivity contribution in [3.05, 3.63) is 82.5 Å². The van der Waals surface area contributed by atoms with Gasteiger partial charge in [-0.2, -0.15) is 5.10 Å². The van der Waals surface area contributed by atoms with Gasteiger partial charge >= 0.3 is 5.69 Å². The number of hydrogen-bond donors (Lipinski definition) is 2. The highest BCUT2D eigenvalue weighted by atomic mass is 16.2. The highest BCUT2D eigenvalue weighted by Crippen LogP contribution is 2.16. The van der Waals surface area contributed by atoms with Gasteiger partial charge < -0.3 is 10.6 Å². The zero-order valence-corrected chi connectivity index (χ0v) is 17.2. The van der Waals surface area contributed by atoms with Crippen molar-refractivity contribution in [3.63, 3.8) is 0 Å². The van der Waals surface area contributed by atoms with Gasteiger partial charge in [-0.15, -0.1) is 0 Å². The summed E-state index contributed by atoms with van der Waals surface area (Å²) in [5, 5.41) is 9.94. The molecule has 8 heteroatoms. The van der Waals surface area contributed by atoms with Crippen molar-refractivity contribution in [1.29, 1.82) is 0 Å². The van der Waals surface area contributed by atoms with Crippen molar-refractivity contribution in [2.75, 3.05) is 5.32 Å². The van der Waals surface area contributed by atoms with Crippen molar-refractivity contribution < 1.29 is 9.59 Å². The van der Waals surface area contributed by atoms with E-state index in [9.17, 15) is 14.4 Å². The highest BCUT2D eigenvalue weighted by Gasteiger charge is 2.24. The molecule has 31 heavy (non-hydrogen) atoms. The van der Waals surface area contributed by atoms with Crippen LogP contribution in [0.15, 0.2) is 65.5 Å². The lowest BCUT2D eigenvalue weighted by atomic mass is 10.1. The molecule has 0 bridgehead atoms. The first-order valence-corrected chi connectivity index (χ1v) is 10.5. The van der Waals surface area contributed by atoms with Crippen LogP contribution in [0.2, 0.25) is 0 Å². The summed E-state index contributed by atoms with van der Waals surface area (Å²) in [6, 6.07) is 17.2. The Balaban J connectivity index is 1.51. The summed E-state index contributed by atoms with van der Waals surface area (Å²) in [5.74, 6) is -0.0946. The van der Waals surface area contributed by atoms with E-state index >= 15 is 0 Å². The lowest BCUT2D eigenvalue weighted by Crippen LogP contribution is -2.40. The van der Waals surface area contributed by atoms with Gasteiger partial charge in [-0.25, -0.2) is 9.48 Å². The van der Waals surface area contributed by atoms with E-state index in [1.807, 2.05) is 24.3 Å². The number of amides is 2. The molecule has 2 amide bonds. The number of carbonyl (C=O) groups excluding carboxylic acids is 2. The van der Waals surface area contributed by atoms with Crippen molar-refractivity contribution in [3.8, 4) is 0 Å². The van der Waals surface area contributed by atoms with Crippen LogP contribution in [0.1, 0.15) is 36.7 Å². The van der Waals surface area contributed by atoms with Gasteiger partial charge in [0.15, 0.2) is 0 Å². The van der Waals surface area contributed by atoms with Crippen molar-refractivity contribution in [1.82, 2.24) is 19.7 Å². The number of carbonyl (C=O) groups is 2. The van der Waals surface area contributed by atoms with E-state index in [1.54, 1.807) is 41.0 Å². The molecule has 8 nitrogen and oxygen atoms in total. The summed E-state index contributed by atoms with van der Waals surface area (Å²) in [5.41, 5.74) is 1.01. The fraction of sp³-hybridized carbons (Fsp3) is 0.304. The molecule has 2 N–H and O–H groups in total. The molecule has 0 saturated heterocycles. The van der Waals surface area contributed by atoms with Crippen molar-refractivity contribution in [2.45, 2.75) is 44.8 Å². The molecule has 1 aromatic heterocycles. The van der Waals surface area contributed by atoms with Gasteiger partial charge in [0.2, 0.25) is 5.91 Å². The quantitative estimate of drug-likeness (QED) is 0.640. The third-order valence-electron chi connectivity index (χ3n) is 5.32. The Bertz CT molecular complexity index is 1110. The van der Waals surface area contributed by atoms with E-state index in [1.165, 1.54) is 4.68 Å². The first-order chi connectivity index (χ1) is 15.1. The number of anilines is 1. The summed E-state index contributed by atoms with van der Waals surface area (Å²) in [4.78, 5) is 38.4. The Morgan fingerprint density at radius 3 is 2.42 bits per heavy atom. The molecule has 0 saturated carbocycles. The molecule has 160 valence electrons. The molecule has 0 spiro atoms. The first-order valence-electron chi connectivity index (χ1n) is 10.5. The zero-order valence-electron chi connectivity index (χ0n) is 17.2. The maximum absolute atomic E-state index is 13.0. The van der Waals surface area contributed by atoms with Crippen LogP contribution in [0.25, 0.3) is 0 Å². The molecule has 1 unspecified atom stereocenters. The van der Waals surface area contributed by atoms with Gasteiger partial charge in [-0.05, 0) is 30.5 Å². The van der Waals surface area contributed by atoms with E-state index in [0.717, 1.165) is 31.5 Å². The summed E-state index contributed by atoms with van der Waals surface area (Å²) >= 11 is 0. The molecule has 3 aromatic rings. The Morgan fingerprint density at radius 1 is 0.968 bits per heavy atom. The Morgan fingerprint density at radius 2 is 1.68 bits per heavy atom. The summed E-state index contributed by atoms with van der Waals surface area (Å²) < 4.78 is 2.84. The first kappa shape index (κ1) is 20.6. The number of nitrogens with zero attached hydrogens (tertiary/aromatic N) is 3. The van der Waals surface area contributed by atoms with Crippen LogP contribution >= 0.6 is 0 Å². The number of hydrogen-bond acceptors (Lipinski definition) is 4. The molecule has 1 aliphatic rings. The second-order valence-electron chi connectivity index (χ2n) is 7.59. The molecule has 2 aromatic carbocycles. The van der Waals surface area contributed by atoms with Gasteiger partial charge in [-0.1, -0.05) is 55.0 Å². The maximum atomic E-state index is 13.0. The van der Waals surface area contributed by atoms with Crippen molar-refractivity contribution in [2.24, 2.45) is 0 Å². The van der Waals surface area contributed by atoms with Gasteiger partial charge in [0, 0.05) is 18.7 Å². The SMILES string of the molecule is O=C(Cn1nc2n(c1=O)CCCCC2)NC(C(=O)Nc1ccccc1)c1ccccc1. The van der Waals surface area contributed by atoms with Gasteiger partial charge in [-0.3, -0.25) is 14.2 Å². The van der Waals surface area contributed by atoms with Crippen LogP contribution < -0.4 is 16.3 Å². The third-order valence-corrected chi connectivity index (χ3v) is 5.32. The van der Waals surface area contributed by atoms with E-state index in [0.29, 0.717) is 17.8 Å². The molecule has 2 heterocycles. The normalized spacial score (nSPS) is 14.2. The van der Waals surface area contributed by atoms with E-state index in [2.05, 4.69) is 15.7 Å². The fourth-order valence-corrected chi connectivity index (χ4v) is 3.75. The lowest BCUT2D eigenvalue weighted by molar-refractivity contribution is -0.127. The summed E-state index contributed by atoms with van der Waals surface area (Å²) in [6.07, 6.45) is 3.72. The number of para-hydroxylation sites is 1. The monoisotopic (exact) mass is 419 g/mol. The van der Waals surface area contributed by atoms with E-state index in [-0.39, 0.29) is 18.1 Å². The third kappa shape index (κ3) is 4.91. The average molecular weight is 419 g/mol. The number of aromatic nitrogens is 3. The minimum atomic E-state index is -0.898. The van der Waals surface area contributed by atoms with Gasteiger partial charge in [0.25, 0.3) is 5.91 Å². The average Bonchev–Trinajstić information content (AvgIpc) is 2.94. The molecule has 0 radical (unpaired) electrons. The van der Waals surface area contributed by atoms with E-state index in [4.69, 9.17) is 0 Å². The van der Waals surface area contributed by atoms with Gasteiger partial charge in [0.1, 0.15) is 18.4 Å². The summed E-state index contributed by atoms with van der Waals surface area (Å²) in [6.45, 7) is 0.392. The standard InChI is InChI=1S/C23H25N5O3/c29-20(16-28-23(31)27-15-9-3-8-14-19(27)26-28)25-21(17-10-4-1-5-11-17)22(30)24-18-12-6-2-7-13-18/h1-2,4-7,10-13,21H,3,8-9,14-16H2,(H,24,30)(H,25,29). The number of rotatable bonds is 6. The predicted octanol–water partition coefficient (Wildman–Crippen LogP) is 2.27. The Labute approximate surface area is 179 Å². The second-order valence-corrected chi connectivity index (χ2v) is 7.59. The second kappa shape index (κ2) is 9.42. The van der Waals surface area contributed by atoms with Crippen LogP contribution in [-0.4, -0.2) is 26.2 Å². The minimum absolute atomic E-state index is 0.235. The fourth-order valence-electron chi connectivity index (χ4n) is 3.75. The number of nitrogens with one attached hydrogen (secondary N) is 2. The smallest absolute Gasteiger partial charge is 0.339 e. The van der Waals surface area contributed by atoms with Crippen LogP contribution in [-0.2, 0) is 29.1 Å². The summed E-state index contributed by atoms with van der Waals surface area (Å²) in [7, 11) is 0. The predicted molar refractivity (Wildman–Crippen MR) is 116 cm³/mol. The number of fused-ring (bicyclic) bond motifs is 1. The molecule has 1 aliphatic heterocycles. The molecule has 1 atom stereocenters. The molecular formula is C23H25N5O3. The largest absolute Gasteiger partial charge is 0.346 e.